The third-order valence-corrected chi connectivity index (χ3v) is 4.93. The van der Waals surface area contributed by atoms with E-state index in [0.717, 1.165) is 6.54 Å². The van der Waals surface area contributed by atoms with Gasteiger partial charge in [0.2, 0.25) is 0 Å². The van der Waals surface area contributed by atoms with Crippen molar-refractivity contribution >= 4 is 0 Å². The summed E-state index contributed by atoms with van der Waals surface area (Å²) >= 11 is 0. The minimum absolute atomic E-state index is 0.271. The Morgan fingerprint density at radius 1 is 0.952 bits per heavy atom. The van der Waals surface area contributed by atoms with Crippen LogP contribution in [0.4, 0.5) is 0 Å². The Bertz CT molecular complexity index is 570. The molecule has 0 radical (unpaired) electrons. The molecule has 108 valence electrons. The standard InChI is InChI=1S/C19H21NO/c1-15-18-13-8-14-20(18)19(21-15,16-9-4-2-5-10-16)17-11-6-3-7-12-17/h2-7,9-12,15,18H,8,13-14H2,1H3/t15?,18-/m0/s1. The number of ether oxygens (including phenoxy) is 1. The van der Waals surface area contributed by atoms with Gasteiger partial charge in [0.05, 0.1) is 6.10 Å². The highest BCUT2D eigenvalue weighted by atomic mass is 16.5. The van der Waals surface area contributed by atoms with E-state index >= 15 is 0 Å². The van der Waals surface area contributed by atoms with Crippen LogP contribution in [0.25, 0.3) is 0 Å². The molecule has 0 N–H and O–H groups in total. The number of nitrogens with zero attached hydrogens (tertiary/aromatic N) is 1. The van der Waals surface area contributed by atoms with Crippen LogP contribution in [0.2, 0.25) is 0 Å². The molecule has 2 saturated heterocycles. The van der Waals surface area contributed by atoms with Gasteiger partial charge in [-0.1, -0.05) is 60.7 Å². The fourth-order valence-electron chi connectivity index (χ4n) is 4.05. The molecule has 0 aromatic heterocycles. The Hall–Kier alpha value is -1.64. The lowest BCUT2D eigenvalue weighted by molar-refractivity contribution is -0.0723. The van der Waals surface area contributed by atoms with Crippen LogP contribution in [0, 0.1) is 0 Å². The largest absolute Gasteiger partial charge is 0.347 e. The van der Waals surface area contributed by atoms with Gasteiger partial charge in [0.25, 0.3) is 0 Å². The lowest BCUT2D eigenvalue weighted by atomic mass is 9.93. The van der Waals surface area contributed by atoms with Crippen LogP contribution in [0.1, 0.15) is 30.9 Å². The zero-order valence-electron chi connectivity index (χ0n) is 12.4. The van der Waals surface area contributed by atoms with Gasteiger partial charge in [0.15, 0.2) is 5.72 Å². The van der Waals surface area contributed by atoms with E-state index in [4.69, 9.17) is 4.74 Å². The molecule has 2 aromatic carbocycles. The van der Waals surface area contributed by atoms with E-state index in [1.54, 1.807) is 0 Å². The van der Waals surface area contributed by atoms with Crippen molar-refractivity contribution in [2.45, 2.75) is 37.6 Å². The van der Waals surface area contributed by atoms with Crippen LogP contribution in [-0.2, 0) is 10.5 Å². The van der Waals surface area contributed by atoms with Crippen molar-refractivity contribution in [1.82, 2.24) is 4.90 Å². The first kappa shape index (κ1) is 13.1. The van der Waals surface area contributed by atoms with Crippen molar-refractivity contribution < 1.29 is 4.74 Å². The molecular formula is C19H21NO. The normalized spacial score (nSPS) is 27.7. The second kappa shape index (κ2) is 4.97. The monoisotopic (exact) mass is 279 g/mol. The summed E-state index contributed by atoms with van der Waals surface area (Å²) in [5.74, 6) is 0. The van der Waals surface area contributed by atoms with E-state index < -0.39 is 5.72 Å². The van der Waals surface area contributed by atoms with Gasteiger partial charge >= 0.3 is 0 Å². The van der Waals surface area contributed by atoms with Gasteiger partial charge in [-0.3, -0.25) is 4.90 Å². The van der Waals surface area contributed by atoms with Crippen LogP contribution >= 0.6 is 0 Å². The quantitative estimate of drug-likeness (QED) is 0.829. The number of hydrogen-bond acceptors (Lipinski definition) is 2. The molecule has 0 spiro atoms. The van der Waals surface area contributed by atoms with E-state index in [0.29, 0.717) is 6.04 Å². The van der Waals surface area contributed by atoms with Gasteiger partial charge in [-0.25, -0.2) is 0 Å². The highest BCUT2D eigenvalue weighted by molar-refractivity contribution is 5.38. The van der Waals surface area contributed by atoms with Crippen molar-refractivity contribution in [3.05, 3.63) is 71.8 Å². The molecule has 2 aliphatic heterocycles. The third-order valence-electron chi connectivity index (χ3n) is 4.93. The molecule has 0 bridgehead atoms. The summed E-state index contributed by atoms with van der Waals surface area (Å²) < 4.78 is 6.61. The van der Waals surface area contributed by atoms with Crippen molar-refractivity contribution in [3.8, 4) is 0 Å². The van der Waals surface area contributed by atoms with Gasteiger partial charge in [-0.2, -0.15) is 0 Å². The zero-order chi connectivity index (χ0) is 14.3. The number of rotatable bonds is 2. The summed E-state index contributed by atoms with van der Waals surface area (Å²) in [6.07, 6.45) is 2.77. The van der Waals surface area contributed by atoms with Gasteiger partial charge < -0.3 is 4.74 Å². The van der Waals surface area contributed by atoms with Gasteiger partial charge in [-0.05, 0) is 19.8 Å². The Balaban J connectivity index is 1.92. The maximum absolute atomic E-state index is 6.61. The van der Waals surface area contributed by atoms with E-state index in [-0.39, 0.29) is 6.10 Å². The van der Waals surface area contributed by atoms with Crippen LogP contribution in [0.5, 0.6) is 0 Å². The van der Waals surface area contributed by atoms with Crippen LogP contribution in [0.3, 0.4) is 0 Å². The SMILES string of the molecule is CC1OC(c2ccccc2)(c2ccccc2)N2CCC[C@@H]12. The van der Waals surface area contributed by atoms with Crippen molar-refractivity contribution in [2.75, 3.05) is 6.54 Å². The molecule has 4 rings (SSSR count). The first-order valence-corrected chi connectivity index (χ1v) is 7.88. The van der Waals surface area contributed by atoms with E-state index in [2.05, 4.69) is 72.5 Å². The molecule has 2 heteroatoms. The van der Waals surface area contributed by atoms with E-state index in [1.165, 1.54) is 24.0 Å². The minimum atomic E-state index is -0.414. The Morgan fingerprint density at radius 2 is 1.52 bits per heavy atom. The first-order chi connectivity index (χ1) is 10.3. The number of hydrogen-bond donors (Lipinski definition) is 0. The lowest BCUT2D eigenvalue weighted by Crippen LogP contribution is -2.44. The predicted molar refractivity (Wildman–Crippen MR) is 83.9 cm³/mol. The molecule has 0 amide bonds. The third kappa shape index (κ3) is 1.86. The second-order valence-electron chi connectivity index (χ2n) is 6.10. The topological polar surface area (TPSA) is 12.5 Å². The van der Waals surface area contributed by atoms with Crippen molar-refractivity contribution in [3.63, 3.8) is 0 Å². The first-order valence-electron chi connectivity index (χ1n) is 7.88. The summed E-state index contributed by atoms with van der Waals surface area (Å²) in [5.41, 5.74) is 2.07. The molecule has 21 heavy (non-hydrogen) atoms. The smallest absolute Gasteiger partial charge is 0.174 e. The minimum Gasteiger partial charge on any atom is -0.347 e. The van der Waals surface area contributed by atoms with Gasteiger partial charge in [0.1, 0.15) is 0 Å². The molecule has 2 atom stereocenters. The molecule has 2 heterocycles. The Morgan fingerprint density at radius 3 is 2.10 bits per heavy atom. The van der Waals surface area contributed by atoms with Crippen LogP contribution < -0.4 is 0 Å². The average Bonchev–Trinajstić information content (AvgIpc) is 3.13. The van der Waals surface area contributed by atoms with Gasteiger partial charge in [0, 0.05) is 23.7 Å². The van der Waals surface area contributed by atoms with Crippen molar-refractivity contribution in [2.24, 2.45) is 0 Å². The fraction of sp³-hybridized carbons (Fsp3) is 0.368. The molecule has 1 unspecified atom stereocenters. The molecule has 2 aliphatic rings. The zero-order valence-corrected chi connectivity index (χ0v) is 12.4. The highest BCUT2D eigenvalue weighted by Gasteiger charge is 2.54. The summed E-state index contributed by atoms with van der Waals surface area (Å²) in [7, 11) is 0. The highest BCUT2D eigenvalue weighted by Crippen LogP contribution is 2.48. The lowest BCUT2D eigenvalue weighted by Gasteiger charge is -2.37. The molecule has 2 fully saturated rings. The number of fused-ring (bicyclic) bond motifs is 1. The average molecular weight is 279 g/mol. The number of benzene rings is 2. The second-order valence-corrected chi connectivity index (χ2v) is 6.10. The summed E-state index contributed by atoms with van der Waals surface area (Å²) in [6.45, 7) is 3.33. The maximum Gasteiger partial charge on any atom is 0.174 e. The molecule has 0 aliphatic carbocycles. The van der Waals surface area contributed by atoms with Crippen LogP contribution in [0.15, 0.2) is 60.7 Å². The Labute approximate surface area is 126 Å². The molecule has 2 nitrogen and oxygen atoms in total. The molecule has 2 aromatic rings. The Kier molecular flexibility index (Phi) is 3.09. The summed E-state index contributed by atoms with van der Waals surface area (Å²) in [6, 6.07) is 21.9. The predicted octanol–water partition coefficient (Wildman–Crippen LogP) is 3.77. The van der Waals surface area contributed by atoms with E-state index in [9.17, 15) is 0 Å². The summed E-state index contributed by atoms with van der Waals surface area (Å²) in [5, 5.41) is 0. The summed E-state index contributed by atoms with van der Waals surface area (Å²) in [4.78, 5) is 2.57. The van der Waals surface area contributed by atoms with Crippen LogP contribution in [-0.4, -0.2) is 23.6 Å². The van der Waals surface area contributed by atoms with E-state index in [1.807, 2.05) is 0 Å². The molecular weight excluding hydrogens is 258 g/mol. The molecule has 0 saturated carbocycles. The van der Waals surface area contributed by atoms with Gasteiger partial charge in [-0.15, -0.1) is 0 Å². The van der Waals surface area contributed by atoms with Crippen molar-refractivity contribution in [1.29, 1.82) is 0 Å². The maximum atomic E-state index is 6.61. The fourth-order valence-corrected chi connectivity index (χ4v) is 4.05.